The Morgan fingerprint density at radius 1 is 1.05 bits per heavy atom. The zero-order valence-electron chi connectivity index (χ0n) is 25.2. The van der Waals surface area contributed by atoms with Crippen molar-refractivity contribution in [3.05, 3.63) is 71.9 Å². The molecule has 5 aromatic rings. The van der Waals surface area contributed by atoms with Gasteiger partial charge in [0.05, 0.1) is 37.9 Å². The van der Waals surface area contributed by atoms with E-state index in [2.05, 4.69) is 20.3 Å². The molecule has 1 unspecified atom stereocenters. The molecule has 0 saturated carbocycles. The Bertz CT molecular complexity index is 1740. The number of hydrogen-bond acceptors (Lipinski definition) is 7. The number of nitrogens with zero attached hydrogens (tertiary/aromatic N) is 2. The van der Waals surface area contributed by atoms with Gasteiger partial charge in [-0.25, -0.2) is 9.97 Å². The van der Waals surface area contributed by atoms with Gasteiger partial charge >= 0.3 is 0 Å². The van der Waals surface area contributed by atoms with Crippen molar-refractivity contribution in [3.8, 4) is 23.0 Å². The first-order chi connectivity index (χ1) is 20.9. The number of ketones is 1. The van der Waals surface area contributed by atoms with Crippen LogP contribution in [-0.2, 0) is 16.0 Å². The molecule has 2 N–H and O–H groups in total. The Morgan fingerprint density at radius 2 is 1.88 bits per heavy atom. The second kappa shape index (κ2) is 13.5. The number of amides is 1. The van der Waals surface area contributed by atoms with Crippen molar-refractivity contribution in [1.82, 2.24) is 20.3 Å². The number of Topliss-reactive ketones (excluding diaryl/α,β-unsaturated/α-hetero) is 1. The van der Waals surface area contributed by atoms with Gasteiger partial charge in [-0.15, -0.1) is 0 Å². The van der Waals surface area contributed by atoms with Gasteiger partial charge < -0.3 is 24.2 Å². The Hall–Kier alpha value is -4.66. The summed E-state index contributed by atoms with van der Waals surface area (Å²) < 4.78 is 17.3. The number of pyridine rings is 1. The van der Waals surface area contributed by atoms with Gasteiger partial charge in [0.25, 0.3) is 0 Å². The van der Waals surface area contributed by atoms with Gasteiger partial charge in [0.1, 0.15) is 17.6 Å². The maximum Gasteiger partial charge on any atom is 0.225 e. The third-order valence-electron chi connectivity index (χ3n) is 7.81. The average molecular weight is 583 g/mol. The minimum Gasteiger partial charge on any atom is -0.497 e. The van der Waals surface area contributed by atoms with Crippen LogP contribution in [0.2, 0.25) is 0 Å². The summed E-state index contributed by atoms with van der Waals surface area (Å²) in [4.78, 5) is 37.8. The van der Waals surface area contributed by atoms with Crippen molar-refractivity contribution in [2.45, 2.75) is 64.8 Å². The summed E-state index contributed by atoms with van der Waals surface area (Å²) in [7, 11) is 3.20. The van der Waals surface area contributed by atoms with Gasteiger partial charge in [-0.3, -0.25) is 9.59 Å². The van der Waals surface area contributed by atoms with E-state index < -0.39 is 6.04 Å². The highest BCUT2D eigenvalue weighted by Crippen LogP contribution is 2.34. The molecule has 5 rings (SSSR count). The molecule has 0 fully saturated rings. The first kappa shape index (κ1) is 29.8. The molecule has 3 aromatic heterocycles. The molecule has 3 heterocycles. The van der Waals surface area contributed by atoms with E-state index in [1.54, 1.807) is 20.4 Å². The number of rotatable bonds is 14. The number of hydrogen-bond donors (Lipinski definition) is 2. The molecule has 0 radical (unpaired) electrons. The number of aryl methyl sites for hydroxylation is 1. The Morgan fingerprint density at radius 3 is 2.67 bits per heavy atom. The zero-order chi connectivity index (χ0) is 30.3. The van der Waals surface area contributed by atoms with E-state index in [1.165, 1.54) is 0 Å². The predicted molar refractivity (Wildman–Crippen MR) is 166 cm³/mol. The van der Waals surface area contributed by atoms with Crippen LogP contribution in [0.4, 0.5) is 0 Å². The maximum absolute atomic E-state index is 13.5. The molecular formula is C34H38N4O5. The molecule has 0 aliphatic rings. The number of para-hydroxylation sites is 1. The van der Waals surface area contributed by atoms with Crippen LogP contribution in [0.5, 0.6) is 11.6 Å². The lowest BCUT2D eigenvalue weighted by Crippen LogP contribution is -2.30. The topological polar surface area (TPSA) is 119 Å². The molecule has 224 valence electrons. The largest absolute Gasteiger partial charge is 0.497 e. The smallest absolute Gasteiger partial charge is 0.225 e. The Labute approximate surface area is 251 Å². The molecule has 0 spiro atoms. The number of nitrogens with one attached hydrogen (secondary N) is 2. The molecule has 0 bridgehead atoms. The average Bonchev–Trinajstić information content (AvgIpc) is 3.63. The monoisotopic (exact) mass is 582 g/mol. The van der Waals surface area contributed by atoms with Gasteiger partial charge in [-0.1, -0.05) is 38.0 Å². The lowest BCUT2D eigenvalue weighted by Gasteiger charge is -2.16. The SMILES string of the molecule is CCC(=O)CCCCCC(NC(=O)Cc1c(C)[nH]c2ccc(OC)cc12)c1ncc(-c2cc3ccccc3nc2OC)o1. The van der Waals surface area contributed by atoms with Crippen LogP contribution in [0.1, 0.15) is 68.6 Å². The number of ether oxygens (including phenoxy) is 2. The minimum absolute atomic E-state index is 0.136. The highest BCUT2D eigenvalue weighted by Gasteiger charge is 2.23. The molecule has 43 heavy (non-hydrogen) atoms. The first-order valence-electron chi connectivity index (χ1n) is 14.8. The van der Waals surface area contributed by atoms with Crippen molar-refractivity contribution in [1.29, 1.82) is 0 Å². The predicted octanol–water partition coefficient (Wildman–Crippen LogP) is 7.03. The van der Waals surface area contributed by atoms with E-state index >= 15 is 0 Å². The number of benzene rings is 2. The Balaban J connectivity index is 1.38. The fourth-order valence-corrected chi connectivity index (χ4v) is 5.41. The molecule has 9 nitrogen and oxygen atoms in total. The normalized spacial score (nSPS) is 12.0. The molecule has 0 saturated heterocycles. The second-order valence-electron chi connectivity index (χ2n) is 10.7. The molecule has 9 heteroatoms. The molecule has 0 aliphatic carbocycles. The number of H-pyrrole nitrogens is 1. The number of carbonyl (C=O) groups excluding carboxylic acids is 2. The molecular weight excluding hydrogens is 544 g/mol. The quantitative estimate of drug-likeness (QED) is 0.135. The van der Waals surface area contributed by atoms with Crippen molar-refractivity contribution >= 4 is 33.5 Å². The van der Waals surface area contributed by atoms with E-state index in [4.69, 9.17) is 13.9 Å². The van der Waals surface area contributed by atoms with Crippen molar-refractivity contribution in [2.75, 3.05) is 14.2 Å². The van der Waals surface area contributed by atoms with Crippen molar-refractivity contribution < 1.29 is 23.5 Å². The Kier molecular flexibility index (Phi) is 9.39. The highest BCUT2D eigenvalue weighted by molar-refractivity contribution is 5.91. The van der Waals surface area contributed by atoms with Crippen LogP contribution >= 0.6 is 0 Å². The van der Waals surface area contributed by atoms with Crippen LogP contribution in [0, 0.1) is 6.92 Å². The molecule has 2 aromatic carbocycles. The molecule has 1 amide bonds. The molecule has 1 atom stereocenters. The maximum atomic E-state index is 13.5. The lowest BCUT2D eigenvalue weighted by atomic mass is 10.0. The number of fused-ring (bicyclic) bond motifs is 2. The number of aromatic amines is 1. The van der Waals surface area contributed by atoms with Gasteiger partial charge in [0.15, 0.2) is 5.76 Å². The third kappa shape index (κ3) is 6.88. The van der Waals surface area contributed by atoms with Crippen LogP contribution in [0.25, 0.3) is 33.1 Å². The van der Waals surface area contributed by atoms with Crippen LogP contribution < -0.4 is 14.8 Å². The van der Waals surface area contributed by atoms with E-state index in [9.17, 15) is 9.59 Å². The second-order valence-corrected chi connectivity index (χ2v) is 10.7. The number of carbonyl (C=O) groups is 2. The summed E-state index contributed by atoms with van der Waals surface area (Å²) in [6.07, 6.45) is 6.10. The minimum atomic E-state index is -0.442. The van der Waals surface area contributed by atoms with Crippen LogP contribution in [-0.4, -0.2) is 40.9 Å². The first-order valence-corrected chi connectivity index (χ1v) is 14.8. The van der Waals surface area contributed by atoms with Crippen molar-refractivity contribution in [3.63, 3.8) is 0 Å². The van der Waals surface area contributed by atoms with Gasteiger partial charge in [-0.05, 0) is 55.7 Å². The number of methoxy groups -OCH3 is 2. The summed E-state index contributed by atoms with van der Waals surface area (Å²) in [6.45, 7) is 3.86. The summed E-state index contributed by atoms with van der Waals surface area (Å²) in [6, 6.07) is 15.1. The van der Waals surface area contributed by atoms with Crippen molar-refractivity contribution in [2.24, 2.45) is 0 Å². The summed E-state index contributed by atoms with van der Waals surface area (Å²) in [5.41, 5.74) is 4.31. The molecule has 0 aliphatic heterocycles. The lowest BCUT2D eigenvalue weighted by molar-refractivity contribution is -0.121. The third-order valence-corrected chi connectivity index (χ3v) is 7.81. The number of oxazole rings is 1. The number of unbranched alkanes of at least 4 members (excludes halogenated alkanes) is 2. The fraction of sp³-hybridized carbons (Fsp3) is 0.353. The standard InChI is InChI=1S/C34H38N4O5/c1-5-23(39)12-7-6-8-14-30(37-32(40)19-25-21(2)36-29-16-15-24(41-3)18-26(25)29)34-35-20-31(43-34)27-17-22-11-9-10-13-28(22)38-33(27)42-4/h9-11,13,15-18,20,30,36H,5-8,12,14,19H2,1-4H3,(H,37,40). The zero-order valence-corrected chi connectivity index (χ0v) is 25.2. The number of aromatic nitrogens is 3. The van der Waals surface area contributed by atoms with E-state index in [-0.39, 0.29) is 18.1 Å². The fourth-order valence-electron chi connectivity index (χ4n) is 5.41. The van der Waals surface area contributed by atoms with Gasteiger partial charge in [0, 0.05) is 34.8 Å². The summed E-state index contributed by atoms with van der Waals surface area (Å²) in [5.74, 6) is 2.23. The van der Waals surface area contributed by atoms with E-state index in [0.29, 0.717) is 42.4 Å². The highest BCUT2D eigenvalue weighted by atomic mass is 16.5. The summed E-state index contributed by atoms with van der Waals surface area (Å²) in [5, 5.41) is 5.08. The summed E-state index contributed by atoms with van der Waals surface area (Å²) >= 11 is 0. The van der Waals surface area contributed by atoms with E-state index in [1.807, 2.05) is 62.4 Å². The van der Waals surface area contributed by atoms with Crippen LogP contribution in [0.15, 0.2) is 59.1 Å². The van der Waals surface area contributed by atoms with Crippen LogP contribution in [0.3, 0.4) is 0 Å². The van der Waals surface area contributed by atoms with Gasteiger partial charge in [-0.2, -0.15) is 0 Å². The van der Waals surface area contributed by atoms with E-state index in [0.717, 1.165) is 58.1 Å². The van der Waals surface area contributed by atoms with Gasteiger partial charge in [0.2, 0.25) is 17.7 Å².